The van der Waals surface area contributed by atoms with E-state index in [1.165, 1.54) is 30.6 Å². The van der Waals surface area contributed by atoms with Gasteiger partial charge in [-0.05, 0) is 35.4 Å². The summed E-state index contributed by atoms with van der Waals surface area (Å²) in [6.45, 7) is 0.788. The summed E-state index contributed by atoms with van der Waals surface area (Å²) in [6.07, 6.45) is -3.30. The molecule has 2 heterocycles. The van der Waals surface area contributed by atoms with Gasteiger partial charge in [0.1, 0.15) is 6.33 Å². The van der Waals surface area contributed by atoms with Crippen LogP contribution in [-0.4, -0.2) is 35.2 Å². The van der Waals surface area contributed by atoms with Gasteiger partial charge in [0.15, 0.2) is 11.6 Å². The molecule has 0 radical (unpaired) electrons. The van der Waals surface area contributed by atoms with Crippen molar-refractivity contribution in [1.29, 1.82) is 0 Å². The van der Waals surface area contributed by atoms with Crippen LogP contribution < -0.4 is 14.9 Å². The van der Waals surface area contributed by atoms with E-state index < -0.39 is 29.1 Å². The number of halogens is 7. The number of benzene rings is 2. The smallest absolute Gasteiger partial charge is 0.377 e. The summed E-state index contributed by atoms with van der Waals surface area (Å²) < 4.78 is 98.8. The third kappa shape index (κ3) is 6.95. The van der Waals surface area contributed by atoms with Crippen LogP contribution in [0.5, 0.6) is 0 Å². The molecule has 4 rings (SSSR count). The van der Waals surface area contributed by atoms with Crippen molar-refractivity contribution in [2.75, 3.05) is 34.7 Å². The van der Waals surface area contributed by atoms with Crippen molar-refractivity contribution >= 4 is 29.3 Å². The van der Waals surface area contributed by atoms with Crippen LogP contribution in [0.1, 0.15) is 22.7 Å². The Morgan fingerprint density at radius 3 is 2.32 bits per heavy atom. The molecule has 0 bridgehead atoms. The molecule has 1 unspecified atom stereocenters. The summed E-state index contributed by atoms with van der Waals surface area (Å²) in [6, 6.07) is 10.1. The van der Waals surface area contributed by atoms with Crippen molar-refractivity contribution in [2.45, 2.75) is 24.3 Å². The van der Waals surface area contributed by atoms with Crippen LogP contribution >= 0.6 is 11.9 Å². The summed E-state index contributed by atoms with van der Waals surface area (Å²) in [5, 5.41) is 2.85. The molecule has 37 heavy (non-hydrogen) atoms. The van der Waals surface area contributed by atoms with Crippen molar-refractivity contribution in [2.24, 2.45) is 0 Å². The van der Waals surface area contributed by atoms with Gasteiger partial charge in [0.25, 0.3) is 0 Å². The molecule has 2 aromatic carbocycles. The van der Waals surface area contributed by atoms with Gasteiger partial charge in [0, 0.05) is 18.8 Å². The molecule has 198 valence electrons. The fraction of sp³-hybridized carbons (Fsp3) is 0.304. The van der Waals surface area contributed by atoms with E-state index in [2.05, 4.69) is 20.0 Å². The summed E-state index contributed by atoms with van der Waals surface area (Å²) in [5.74, 6) is -0.881. The second-order valence-electron chi connectivity index (χ2n) is 7.96. The van der Waals surface area contributed by atoms with Gasteiger partial charge in [-0.25, -0.2) is 9.97 Å². The first-order valence-electron chi connectivity index (χ1n) is 10.9. The molecule has 1 atom stereocenters. The lowest BCUT2D eigenvalue weighted by atomic mass is 10.0. The normalized spacial score (nSPS) is 16.5. The zero-order chi connectivity index (χ0) is 26.6. The van der Waals surface area contributed by atoms with E-state index in [1.54, 1.807) is 17.0 Å². The van der Waals surface area contributed by atoms with Crippen LogP contribution in [0, 0.1) is 5.82 Å². The van der Waals surface area contributed by atoms with Gasteiger partial charge in [-0.1, -0.05) is 24.3 Å². The zero-order valence-electron chi connectivity index (χ0n) is 18.9. The maximum Gasteiger partial charge on any atom is 0.461 e. The van der Waals surface area contributed by atoms with Crippen LogP contribution in [-0.2, 0) is 17.5 Å². The highest BCUT2D eigenvalue weighted by Gasteiger charge is 2.33. The van der Waals surface area contributed by atoms with E-state index in [-0.39, 0.29) is 55.6 Å². The van der Waals surface area contributed by atoms with Crippen LogP contribution in [0.3, 0.4) is 0 Å². The fourth-order valence-corrected chi connectivity index (χ4v) is 4.07. The Labute approximate surface area is 211 Å². The lowest BCUT2D eigenvalue weighted by Gasteiger charge is -2.37. The Bertz CT molecular complexity index is 1190. The van der Waals surface area contributed by atoms with Crippen molar-refractivity contribution in [1.82, 2.24) is 9.97 Å². The number of anilines is 3. The summed E-state index contributed by atoms with van der Waals surface area (Å²) >= 11 is -0.376. The van der Waals surface area contributed by atoms with Crippen LogP contribution in [0.2, 0.25) is 0 Å². The maximum absolute atomic E-state index is 15.4. The quantitative estimate of drug-likeness (QED) is 0.262. The third-order valence-electron chi connectivity index (χ3n) is 5.49. The molecule has 6 nitrogen and oxygen atoms in total. The number of nitrogens with one attached hydrogen (secondary N) is 2. The van der Waals surface area contributed by atoms with Crippen molar-refractivity contribution in [3.8, 4) is 0 Å². The summed E-state index contributed by atoms with van der Waals surface area (Å²) in [7, 11) is 0. The second kappa shape index (κ2) is 11.0. The molecule has 0 amide bonds. The van der Waals surface area contributed by atoms with E-state index in [9.17, 15) is 26.3 Å². The standard InChI is InChI=1S/C23H20F7N5OS/c24-19-20(31-11-14-1-7-17(8-2-14)34-37-23(28,29)30)32-13-33-21(19)35-9-10-36-12-18(35)15-3-5-16(6-4-15)22(25,26)27/h1-8,13,18,34H,9-12H2,(H,31,32,33). The number of morpholine rings is 1. The molecule has 1 saturated heterocycles. The van der Waals surface area contributed by atoms with Crippen molar-refractivity contribution in [3.63, 3.8) is 0 Å². The number of nitrogens with zero attached hydrogens (tertiary/aromatic N) is 3. The van der Waals surface area contributed by atoms with Gasteiger partial charge >= 0.3 is 11.7 Å². The average molecular weight is 548 g/mol. The second-order valence-corrected chi connectivity index (χ2v) is 8.84. The summed E-state index contributed by atoms with van der Waals surface area (Å²) in [5.41, 5.74) is -3.78. The third-order valence-corrected chi connectivity index (χ3v) is 6.06. The highest BCUT2D eigenvalue weighted by atomic mass is 32.2. The van der Waals surface area contributed by atoms with Gasteiger partial charge in [0.2, 0.25) is 5.82 Å². The van der Waals surface area contributed by atoms with Gasteiger partial charge in [-0.3, -0.25) is 0 Å². The van der Waals surface area contributed by atoms with Crippen LogP contribution in [0.4, 0.5) is 48.1 Å². The molecule has 2 N–H and O–H groups in total. The number of ether oxygens (including phenoxy) is 1. The van der Waals surface area contributed by atoms with E-state index >= 15 is 4.39 Å². The van der Waals surface area contributed by atoms with Gasteiger partial charge in [-0.15, -0.1) is 0 Å². The lowest BCUT2D eigenvalue weighted by molar-refractivity contribution is -0.137. The van der Waals surface area contributed by atoms with Crippen LogP contribution in [0.15, 0.2) is 54.9 Å². The van der Waals surface area contributed by atoms with E-state index in [4.69, 9.17) is 4.74 Å². The lowest BCUT2D eigenvalue weighted by Crippen LogP contribution is -2.40. The predicted molar refractivity (Wildman–Crippen MR) is 125 cm³/mol. The number of rotatable bonds is 7. The largest absolute Gasteiger partial charge is 0.461 e. The minimum absolute atomic E-state index is 0.0329. The molecule has 0 spiro atoms. The molecular weight excluding hydrogens is 527 g/mol. The average Bonchev–Trinajstić information content (AvgIpc) is 2.87. The first-order valence-corrected chi connectivity index (χ1v) is 11.7. The number of hydrogen-bond acceptors (Lipinski definition) is 7. The fourth-order valence-electron chi connectivity index (χ4n) is 3.70. The number of hydrogen-bond donors (Lipinski definition) is 2. The van der Waals surface area contributed by atoms with Gasteiger partial charge < -0.3 is 19.7 Å². The first kappa shape index (κ1) is 26.8. The molecule has 0 aliphatic carbocycles. The maximum atomic E-state index is 15.4. The zero-order valence-corrected chi connectivity index (χ0v) is 19.7. The molecule has 0 saturated carbocycles. The Morgan fingerprint density at radius 2 is 1.68 bits per heavy atom. The number of alkyl halides is 6. The molecule has 3 aromatic rings. The van der Waals surface area contributed by atoms with E-state index in [0.29, 0.717) is 11.1 Å². The number of aromatic nitrogens is 2. The monoisotopic (exact) mass is 547 g/mol. The SMILES string of the molecule is Fc1c(NCc2ccc(NSC(F)(F)F)cc2)ncnc1N1CCOCC1c1ccc(C(F)(F)F)cc1. The first-order chi connectivity index (χ1) is 17.5. The molecule has 1 aromatic heterocycles. The minimum Gasteiger partial charge on any atom is -0.377 e. The highest BCUT2D eigenvalue weighted by molar-refractivity contribution is 8.01. The Morgan fingerprint density at radius 1 is 0.973 bits per heavy atom. The molecule has 1 fully saturated rings. The highest BCUT2D eigenvalue weighted by Crippen LogP contribution is 2.35. The predicted octanol–water partition coefficient (Wildman–Crippen LogP) is 6.40. The van der Waals surface area contributed by atoms with Crippen LogP contribution in [0.25, 0.3) is 0 Å². The molecule has 1 aliphatic rings. The summed E-state index contributed by atoms with van der Waals surface area (Å²) in [4.78, 5) is 9.62. The Hall–Kier alpha value is -3.26. The Kier molecular flexibility index (Phi) is 7.97. The molecule has 14 heteroatoms. The Balaban J connectivity index is 1.47. The van der Waals surface area contributed by atoms with E-state index in [0.717, 1.165) is 12.1 Å². The van der Waals surface area contributed by atoms with Gasteiger partial charge in [0.05, 0.1) is 36.8 Å². The topological polar surface area (TPSA) is 62.3 Å². The molecular formula is C23H20F7N5OS. The van der Waals surface area contributed by atoms with Crippen molar-refractivity contribution in [3.05, 3.63) is 77.4 Å². The van der Waals surface area contributed by atoms with Gasteiger partial charge in [-0.2, -0.15) is 30.7 Å². The van der Waals surface area contributed by atoms with E-state index in [1.807, 2.05) is 0 Å². The molecule has 1 aliphatic heterocycles. The van der Waals surface area contributed by atoms with Crippen molar-refractivity contribution < 1.29 is 35.5 Å². The minimum atomic E-state index is -4.47.